The Morgan fingerprint density at radius 2 is 1.81 bits per heavy atom. The minimum absolute atomic E-state index is 0.182. The second-order valence-corrected chi connectivity index (χ2v) is 8.08. The summed E-state index contributed by atoms with van der Waals surface area (Å²) in [5.41, 5.74) is 0.793. The number of furan rings is 1. The number of para-hydroxylation sites is 1. The van der Waals surface area contributed by atoms with Gasteiger partial charge in [-0.2, -0.15) is 0 Å². The van der Waals surface area contributed by atoms with Gasteiger partial charge in [0.05, 0.1) is 10.6 Å². The van der Waals surface area contributed by atoms with Crippen LogP contribution in [0.2, 0.25) is 5.02 Å². The minimum Gasteiger partial charge on any atom is -0.450 e. The molecule has 2 heterocycles. The van der Waals surface area contributed by atoms with E-state index in [0.717, 1.165) is 15.7 Å². The van der Waals surface area contributed by atoms with Crippen molar-refractivity contribution in [3.63, 3.8) is 0 Å². The number of benzene rings is 2. The van der Waals surface area contributed by atoms with Crippen molar-refractivity contribution in [1.29, 1.82) is 0 Å². The molecule has 1 fully saturated rings. The van der Waals surface area contributed by atoms with Crippen molar-refractivity contribution < 1.29 is 9.21 Å². The number of hydrogen-bond acceptors (Lipinski definition) is 5. The highest BCUT2D eigenvalue weighted by Gasteiger charge is 2.24. The molecule has 134 valence electrons. The Labute approximate surface area is 169 Å². The van der Waals surface area contributed by atoms with Gasteiger partial charge in [-0.15, -0.1) is 0 Å². The lowest BCUT2D eigenvalue weighted by molar-refractivity contribution is -0.115. The minimum atomic E-state index is -0.182. The van der Waals surface area contributed by atoms with Gasteiger partial charge < -0.3 is 9.73 Å². The lowest BCUT2D eigenvalue weighted by Crippen LogP contribution is -2.19. The summed E-state index contributed by atoms with van der Waals surface area (Å²) in [6.07, 6.45) is 1.72. The summed E-state index contributed by atoms with van der Waals surface area (Å²) >= 11 is 8.68. The summed E-state index contributed by atoms with van der Waals surface area (Å²) in [6.45, 7) is 0. The Kier molecular flexibility index (Phi) is 5.38. The second kappa shape index (κ2) is 8.08. The third kappa shape index (κ3) is 4.66. The van der Waals surface area contributed by atoms with Gasteiger partial charge in [-0.05, 0) is 60.3 Å². The molecule has 0 spiro atoms. The van der Waals surface area contributed by atoms with Crippen molar-refractivity contribution in [3.8, 4) is 0 Å². The number of carbonyl (C=O) groups is 1. The first kappa shape index (κ1) is 18.0. The van der Waals surface area contributed by atoms with E-state index in [1.54, 1.807) is 6.08 Å². The predicted molar refractivity (Wildman–Crippen MR) is 112 cm³/mol. The fourth-order valence-electron chi connectivity index (χ4n) is 2.32. The van der Waals surface area contributed by atoms with Crippen LogP contribution >= 0.6 is 35.1 Å². The maximum absolute atomic E-state index is 12.2. The van der Waals surface area contributed by atoms with Crippen LogP contribution in [0.5, 0.6) is 0 Å². The average molecular weight is 413 g/mol. The molecule has 0 bridgehead atoms. The number of nitrogens with one attached hydrogen (secondary N) is 1. The largest absolute Gasteiger partial charge is 0.450 e. The quantitative estimate of drug-likeness (QED) is 0.536. The van der Waals surface area contributed by atoms with Crippen LogP contribution in [0.4, 0.5) is 5.69 Å². The summed E-state index contributed by atoms with van der Waals surface area (Å²) < 4.78 is 5.80. The van der Waals surface area contributed by atoms with E-state index in [1.807, 2.05) is 66.7 Å². The molecule has 1 aliphatic rings. The zero-order chi connectivity index (χ0) is 18.6. The van der Waals surface area contributed by atoms with E-state index in [4.69, 9.17) is 16.0 Å². The van der Waals surface area contributed by atoms with Crippen LogP contribution in [0.25, 0.3) is 6.08 Å². The molecular formula is C20H13ClN2O2S2. The van der Waals surface area contributed by atoms with E-state index in [-0.39, 0.29) is 5.91 Å². The van der Waals surface area contributed by atoms with E-state index < -0.39 is 0 Å². The molecule has 0 radical (unpaired) electrons. The van der Waals surface area contributed by atoms with E-state index in [1.165, 1.54) is 23.5 Å². The number of rotatable bonds is 4. The SMILES string of the molecule is O=C1NC(=Nc2ccccc2)S/C1=C/c1ccc(Sc2ccc(Cl)cc2)o1. The molecule has 1 amide bonds. The molecule has 27 heavy (non-hydrogen) atoms. The normalized spacial score (nSPS) is 16.9. The molecule has 0 unspecified atom stereocenters. The van der Waals surface area contributed by atoms with Gasteiger partial charge in [0.25, 0.3) is 5.91 Å². The summed E-state index contributed by atoms with van der Waals surface area (Å²) in [7, 11) is 0. The molecule has 0 aliphatic carbocycles. The van der Waals surface area contributed by atoms with Crippen molar-refractivity contribution >= 4 is 58.0 Å². The van der Waals surface area contributed by atoms with Gasteiger partial charge in [-0.1, -0.05) is 41.6 Å². The highest BCUT2D eigenvalue weighted by Crippen LogP contribution is 2.32. The number of amides is 1. The highest BCUT2D eigenvalue weighted by atomic mass is 35.5. The van der Waals surface area contributed by atoms with Crippen LogP contribution in [-0.2, 0) is 4.79 Å². The third-order valence-corrected chi connectivity index (χ3v) is 5.64. The van der Waals surface area contributed by atoms with Crippen molar-refractivity contribution in [2.24, 2.45) is 4.99 Å². The maximum Gasteiger partial charge on any atom is 0.264 e. The molecule has 2 aromatic carbocycles. The van der Waals surface area contributed by atoms with Crippen molar-refractivity contribution in [2.45, 2.75) is 9.99 Å². The van der Waals surface area contributed by atoms with Gasteiger partial charge in [0.1, 0.15) is 5.76 Å². The van der Waals surface area contributed by atoms with Crippen LogP contribution in [-0.4, -0.2) is 11.1 Å². The molecule has 7 heteroatoms. The Hall–Kier alpha value is -2.41. The smallest absolute Gasteiger partial charge is 0.264 e. The van der Waals surface area contributed by atoms with Crippen LogP contribution in [0.3, 0.4) is 0 Å². The molecule has 3 aromatic rings. The standard InChI is InChI=1S/C20H13ClN2O2S2/c21-13-6-9-16(10-7-13)26-18-11-8-15(25-18)12-17-19(24)23-20(27-17)22-14-4-2-1-3-5-14/h1-12H,(H,22,23,24)/b17-12+. The van der Waals surface area contributed by atoms with Crippen LogP contribution < -0.4 is 5.32 Å². The maximum atomic E-state index is 12.2. The number of carbonyl (C=O) groups excluding carboxylic acids is 1. The molecule has 4 nitrogen and oxygen atoms in total. The summed E-state index contributed by atoms with van der Waals surface area (Å²) in [4.78, 5) is 18.2. The molecule has 4 rings (SSSR count). The van der Waals surface area contributed by atoms with Crippen molar-refractivity contribution in [1.82, 2.24) is 5.32 Å². The average Bonchev–Trinajstić information content (AvgIpc) is 3.24. The molecule has 1 saturated heterocycles. The van der Waals surface area contributed by atoms with Crippen LogP contribution in [0.1, 0.15) is 5.76 Å². The van der Waals surface area contributed by atoms with Crippen LogP contribution in [0.15, 0.2) is 91.0 Å². The number of halogens is 1. The Balaban J connectivity index is 1.47. The highest BCUT2D eigenvalue weighted by molar-refractivity contribution is 8.18. The Morgan fingerprint density at radius 3 is 2.59 bits per heavy atom. The summed E-state index contributed by atoms with van der Waals surface area (Å²) in [5.74, 6) is 0.433. The first-order valence-corrected chi connectivity index (χ1v) is 10.0. The van der Waals surface area contributed by atoms with Crippen molar-refractivity contribution in [3.05, 3.63) is 82.4 Å². The second-order valence-electron chi connectivity index (χ2n) is 5.53. The lowest BCUT2D eigenvalue weighted by Gasteiger charge is -1.97. The number of thioether (sulfide) groups is 1. The van der Waals surface area contributed by atoms with Gasteiger partial charge >= 0.3 is 0 Å². The molecule has 0 saturated carbocycles. The fourth-order valence-corrected chi connectivity index (χ4v) is 4.04. The number of amidine groups is 1. The van der Waals surface area contributed by atoms with E-state index in [2.05, 4.69) is 10.3 Å². The topological polar surface area (TPSA) is 54.6 Å². The van der Waals surface area contributed by atoms with Gasteiger partial charge in [0, 0.05) is 16.0 Å². The molecular weight excluding hydrogens is 400 g/mol. The van der Waals surface area contributed by atoms with Gasteiger partial charge in [0.15, 0.2) is 10.3 Å². The first-order chi connectivity index (χ1) is 13.2. The van der Waals surface area contributed by atoms with Gasteiger partial charge in [0.2, 0.25) is 0 Å². The molecule has 1 N–H and O–H groups in total. The van der Waals surface area contributed by atoms with Crippen molar-refractivity contribution in [2.75, 3.05) is 0 Å². The number of nitrogens with zero attached hydrogens (tertiary/aromatic N) is 1. The summed E-state index contributed by atoms with van der Waals surface area (Å²) in [5, 5.41) is 4.76. The molecule has 0 atom stereocenters. The molecule has 1 aliphatic heterocycles. The first-order valence-electron chi connectivity index (χ1n) is 8.04. The van der Waals surface area contributed by atoms with E-state index in [0.29, 0.717) is 20.9 Å². The zero-order valence-electron chi connectivity index (χ0n) is 13.9. The Morgan fingerprint density at radius 1 is 1.04 bits per heavy atom. The fraction of sp³-hybridized carbons (Fsp3) is 0. The lowest BCUT2D eigenvalue weighted by atomic mass is 10.3. The summed E-state index contributed by atoms with van der Waals surface area (Å²) in [6, 6.07) is 20.7. The van der Waals surface area contributed by atoms with Gasteiger partial charge in [-0.25, -0.2) is 4.99 Å². The zero-order valence-corrected chi connectivity index (χ0v) is 16.3. The van der Waals surface area contributed by atoms with E-state index in [9.17, 15) is 4.79 Å². The molecule has 1 aromatic heterocycles. The van der Waals surface area contributed by atoms with Gasteiger partial charge in [-0.3, -0.25) is 4.79 Å². The monoisotopic (exact) mass is 412 g/mol. The Bertz CT molecular complexity index is 1030. The van der Waals surface area contributed by atoms with Crippen LogP contribution in [0, 0.1) is 0 Å². The predicted octanol–water partition coefficient (Wildman–Crippen LogP) is 5.98. The number of hydrogen-bond donors (Lipinski definition) is 1. The van der Waals surface area contributed by atoms with E-state index >= 15 is 0 Å². The number of aliphatic imine (C=N–C) groups is 1. The third-order valence-electron chi connectivity index (χ3n) is 3.55.